The number of benzene rings is 1. The first-order valence-corrected chi connectivity index (χ1v) is 5.33. The molecule has 0 aliphatic rings. The number of nitrogens with zero attached hydrogens (tertiary/aromatic N) is 1. The zero-order chi connectivity index (χ0) is 13.9. The van der Waals surface area contributed by atoms with Crippen LogP contribution in [-0.2, 0) is 9.59 Å². The molecule has 1 aromatic carbocycles. The number of carbonyl (C=O) groups excluding carboxylic acids is 1. The fourth-order valence-corrected chi connectivity index (χ4v) is 1.74. The van der Waals surface area contributed by atoms with Gasteiger partial charge in [-0.2, -0.15) is 0 Å². The number of hydrogen-bond acceptors (Lipinski definition) is 2. The van der Waals surface area contributed by atoms with E-state index in [4.69, 9.17) is 5.11 Å². The molecular weight excluding hydrogens is 244 g/mol. The molecule has 0 aliphatic heterocycles. The van der Waals surface area contributed by atoms with Crippen molar-refractivity contribution in [3.63, 3.8) is 0 Å². The number of hydrogen-bond donors (Lipinski definition) is 1. The smallest absolute Gasteiger partial charge is 0.331 e. The molecule has 18 heavy (non-hydrogen) atoms. The monoisotopic (exact) mass is 257 g/mol. The molecule has 0 spiro atoms. The van der Waals surface area contributed by atoms with Crippen LogP contribution in [-0.4, -0.2) is 28.4 Å². The largest absolute Gasteiger partial charge is 0.479 e. The summed E-state index contributed by atoms with van der Waals surface area (Å²) >= 11 is 0. The first kappa shape index (κ1) is 14.1. The Morgan fingerprint density at radius 2 is 2.00 bits per heavy atom. The van der Waals surface area contributed by atoms with E-state index in [1.165, 1.54) is 6.92 Å². The van der Waals surface area contributed by atoms with Gasteiger partial charge in [-0.25, -0.2) is 13.6 Å². The van der Waals surface area contributed by atoms with E-state index < -0.39 is 29.6 Å². The van der Waals surface area contributed by atoms with Crippen LogP contribution in [0.3, 0.4) is 0 Å². The first-order valence-electron chi connectivity index (χ1n) is 5.33. The maximum atomic E-state index is 13.6. The molecule has 0 aromatic heterocycles. The Morgan fingerprint density at radius 3 is 2.39 bits per heavy atom. The Balaban J connectivity index is 3.27. The number of carbonyl (C=O) groups is 2. The molecular formula is C12H13F2NO3. The third-order valence-corrected chi connectivity index (χ3v) is 2.55. The fraction of sp³-hybridized carbons (Fsp3) is 0.333. The third kappa shape index (κ3) is 2.82. The van der Waals surface area contributed by atoms with Gasteiger partial charge in [-0.1, -0.05) is 6.07 Å². The predicted molar refractivity (Wildman–Crippen MR) is 59.8 cm³/mol. The summed E-state index contributed by atoms with van der Waals surface area (Å²) < 4.78 is 26.4. The van der Waals surface area contributed by atoms with Gasteiger partial charge in [0.05, 0.1) is 0 Å². The number of rotatable bonds is 4. The van der Waals surface area contributed by atoms with Crippen molar-refractivity contribution >= 4 is 11.9 Å². The second-order valence-corrected chi connectivity index (χ2v) is 3.71. The zero-order valence-corrected chi connectivity index (χ0v) is 9.98. The number of carboxylic acids is 1. The van der Waals surface area contributed by atoms with Crippen LogP contribution >= 0.6 is 0 Å². The molecule has 6 heteroatoms. The van der Waals surface area contributed by atoms with Crippen LogP contribution in [0.1, 0.15) is 25.5 Å². The van der Waals surface area contributed by atoms with Gasteiger partial charge in [0.2, 0.25) is 5.91 Å². The quantitative estimate of drug-likeness (QED) is 0.897. The van der Waals surface area contributed by atoms with E-state index >= 15 is 0 Å². The lowest BCUT2D eigenvalue weighted by atomic mass is 10.0. The van der Waals surface area contributed by atoms with E-state index in [0.29, 0.717) is 6.07 Å². The van der Waals surface area contributed by atoms with Gasteiger partial charge in [0.25, 0.3) is 0 Å². The van der Waals surface area contributed by atoms with Gasteiger partial charge in [0, 0.05) is 25.1 Å². The standard InChI is InChI=1S/C12H13F2NO3/c1-3-15(7(2)16)11(12(17)18)9-5-4-8(13)6-10(9)14/h4-6,11H,3H2,1-2H3,(H,17,18). The van der Waals surface area contributed by atoms with Crippen LogP contribution in [0, 0.1) is 11.6 Å². The Labute approximate surface area is 103 Å². The Hall–Kier alpha value is -1.98. The highest BCUT2D eigenvalue weighted by atomic mass is 19.1. The van der Waals surface area contributed by atoms with Crippen molar-refractivity contribution in [1.82, 2.24) is 4.90 Å². The second-order valence-electron chi connectivity index (χ2n) is 3.71. The summed E-state index contributed by atoms with van der Waals surface area (Å²) in [6, 6.07) is 1.14. The highest BCUT2D eigenvalue weighted by Gasteiger charge is 2.30. The van der Waals surface area contributed by atoms with Crippen molar-refractivity contribution in [2.24, 2.45) is 0 Å². The maximum Gasteiger partial charge on any atom is 0.331 e. The Bertz CT molecular complexity index is 476. The average Bonchev–Trinajstić information content (AvgIpc) is 2.26. The molecule has 1 rings (SSSR count). The van der Waals surface area contributed by atoms with Crippen LogP contribution in [0.25, 0.3) is 0 Å². The van der Waals surface area contributed by atoms with Gasteiger partial charge < -0.3 is 10.0 Å². The Morgan fingerprint density at radius 1 is 1.39 bits per heavy atom. The molecule has 98 valence electrons. The molecule has 0 bridgehead atoms. The van der Waals surface area contributed by atoms with Crippen LogP contribution in [0.2, 0.25) is 0 Å². The average molecular weight is 257 g/mol. The molecule has 1 N–H and O–H groups in total. The molecule has 1 unspecified atom stereocenters. The normalized spacial score (nSPS) is 12.0. The van der Waals surface area contributed by atoms with E-state index in [1.807, 2.05) is 0 Å². The zero-order valence-electron chi connectivity index (χ0n) is 9.98. The van der Waals surface area contributed by atoms with Crippen molar-refractivity contribution in [2.45, 2.75) is 19.9 Å². The minimum atomic E-state index is -1.45. The van der Waals surface area contributed by atoms with Crippen LogP contribution in [0.4, 0.5) is 8.78 Å². The molecule has 1 amide bonds. The van der Waals surface area contributed by atoms with Gasteiger partial charge in [-0.3, -0.25) is 4.79 Å². The van der Waals surface area contributed by atoms with E-state index in [0.717, 1.165) is 17.0 Å². The summed E-state index contributed by atoms with van der Waals surface area (Å²) in [7, 11) is 0. The van der Waals surface area contributed by atoms with Crippen molar-refractivity contribution in [3.05, 3.63) is 35.4 Å². The van der Waals surface area contributed by atoms with Crippen molar-refractivity contribution in [1.29, 1.82) is 0 Å². The highest BCUT2D eigenvalue weighted by molar-refractivity contribution is 5.83. The molecule has 0 radical (unpaired) electrons. The summed E-state index contributed by atoms with van der Waals surface area (Å²) in [5, 5.41) is 9.12. The number of amides is 1. The molecule has 0 fully saturated rings. The van der Waals surface area contributed by atoms with Crippen molar-refractivity contribution < 1.29 is 23.5 Å². The van der Waals surface area contributed by atoms with Crippen molar-refractivity contribution in [3.8, 4) is 0 Å². The maximum absolute atomic E-state index is 13.6. The lowest BCUT2D eigenvalue weighted by molar-refractivity contribution is -0.149. The molecule has 1 aromatic rings. The number of halogens is 2. The molecule has 1 atom stereocenters. The summed E-state index contributed by atoms with van der Waals surface area (Å²) in [5.41, 5.74) is -0.235. The number of aliphatic carboxylic acids is 1. The summed E-state index contributed by atoms with van der Waals surface area (Å²) in [6.07, 6.45) is 0. The van der Waals surface area contributed by atoms with Crippen LogP contribution in [0.15, 0.2) is 18.2 Å². The third-order valence-electron chi connectivity index (χ3n) is 2.55. The van der Waals surface area contributed by atoms with Gasteiger partial charge in [-0.05, 0) is 13.0 Å². The molecule has 0 heterocycles. The summed E-state index contributed by atoms with van der Waals surface area (Å²) in [4.78, 5) is 23.5. The van der Waals surface area contributed by atoms with E-state index in [2.05, 4.69) is 0 Å². The van der Waals surface area contributed by atoms with Gasteiger partial charge in [0.1, 0.15) is 11.6 Å². The van der Waals surface area contributed by atoms with E-state index in [9.17, 15) is 18.4 Å². The molecule has 4 nitrogen and oxygen atoms in total. The fourth-order valence-electron chi connectivity index (χ4n) is 1.74. The van der Waals surface area contributed by atoms with E-state index in [-0.39, 0.29) is 12.1 Å². The highest BCUT2D eigenvalue weighted by Crippen LogP contribution is 2.24. The van der Waals surface area contributed by atoms with E-state index in [1.54, 1.807) is 6.92 Å². The van der Waals surface area contributed by atoms with Gasteiger partial charge in [-0.15, -0.1) is 0 Å². The van der Waals surface area contributed by atoms with Crippen LogP contribution < -0.4 is 0 Å². The molecule has 0 saturated carbocycles. The minimum absolute atomic E-state index is 0.114. The molecule has 0 saturated heterocycles. The Kier molecular flexibility index (Phi) is 4.36. The number of carboxylic acid groups (broad SMARTS) is 1. The van der Waals surface area contributed by atoms with Gasteiger partial charge in [0.15, 0.2) is 6.04 Å². The lowest BCUT2D eigenvalue weighted by Gasteiger charge is -2.27. The van der Waals surface area contributed by atoms with Crippen molar-refractivity contribution in [2.75, 3.05) is 6.54 Å². The predicted octanol–water partition coefficient (Wildman–Crippen LogP) is 1.96. The van der Waals surface area contributed by atoms with Crippen LogP contribution in [0.5, 0.6) is 0 Å². The first-order chi connectivity index (χ1) is 8.38. The SMILES string of the molecule is CCN(C(C)=O)C(C(=O)O)c1ccc(F)cc1F. The number of likely N-dealkylation sites (N-methyl/N-ethyl adjacent to an activating group) is 1. The summed E-state index contributed by atoms with van der Waals surface area (Å²) in [5.74, 6) is -3.64. The molecule has 0 aliphatic carbocycles. The summed E-state index contributed by atoms with van der Waals surface area (Å²) in [6.45, 7) is 2.89. The minimum Gasteiger partial charge on any atom is -0.479 e. The topological polar surface area (TPSA) is 57.6 Å². The van der Waals surface area contributed by atoms with Gasteiger partial charge >= 0.3 is 5.97 Å². The lowest BCUT2D eigenvalue weighted by Crippen LogP contribution is -2.37. The second kappa shape index (κ2) is 5.57.